The van der Waals surface area contributed by atoms with Crippen LogP contribution in [0.3, 0.4) is 0 Å². The van der Waals surface area contributed by atoms with Crippen LogP contribution in [0.5, 0.6) is 17.2 Å². The highest BCUT2D eigenvalue weighted by molar-refractivity contribution is 5.42. The molecular weight excluding hydrogens is 273 g/mol. The van der Waals surface area contributed by atoms with Gasteiger partial charge < -0.3 is 19.9 Å². The maximum atomic E-state index is 12.7. The van der Waals surface area contributed by atoms with E-state index in [2.05, 4.69) is 0 Å². The Labute approximate surface area is 123 Å². The molecule has 0 heterocycles. The van der Waals surface area contributed by atoms with Gasteiger partial charge in [0.05, 0.1) is 7.11 Å². The second-order valence-corrected chi connectivity index (χ2v) is 4.34. The summed E-state index contributed by atoms with van der Waals surface area (Å²) in [6, 6.07) is 11.4. The average Bonchev–Trinajstić information content (AvgIpc) is 2.53. The summed E-state index contributed by atoms with van der Waals surface area (Å²) < 4.78 is 29.0. The van der Waals surface area contributed by atoms with Gasteiger partial charge in [-0.15, -0.1) is 0 Å². The third-order valence-electron chi connectivity index (χ3n) is 2.89. The SMILES string of the molecule is COc1cc(CN)ccc1OCCOc1ccc(F)cc1. The maximum Gasteiger partial charge on any atom is 0.161 e. The molecule has 2 aromatic rings. The molecule has 0 amide bonds. The molecule has 0 aliphatic carbocycles. The van der Waals surface area contributed by atoms with Gasteiger partial charge in [-0.1, -0.05) is 6.07 Å². The lowest BCUT2D eigenvalue weighted by Crippen LogP contribution is -2.09. The normalized spacial score (nSPS) is 10.2. The zero-order valence-electron chi connectivity index (χ0n) is 11.8. The fourth-order valence-corrected chi connectivity index (χ4v) is 1.80. The third-order valence-corrected chi connectivity index (χ3v) is 2.89. The van der Waals surface area contributed by atoms with Crippen LogP contribution in [0.1, 0.15) is 5.56 Å². The smallest absolute Gasteiger partial charge is 0.161 e. The van der Waals surface area contributed by atoms with Crippen LogP contribution >= 0.6 is 0 Å². The Morgan fingerprint density at radius 3 is 2.33 bits per heavy atom. The summed E-state index contributed by atoms with van der Waals surface area (Å²) in [4.78, 5) is 0. The van der Waals surface area contributed by atoms with Crippen molar-refractivity contribution in [1.82, 2.24) is 0 Å². The summed E-state index contributed by atoms with van der Waals surface area (Å²) in [5.74, 6) is 1.59. The van der Waals surface area contributed by atoms with E-state index in [-0.39, 0.29) is 5.82 Å². The van der Waals surface area contributed by atoms with Crippen molar-refractivity contribution in [2.24, 2.45) is 5.73 Å². The largest absolute Gasteiger partial charge is 0.493 e. The van der Waals surface area contributed by atoms with Crippen LogP contribution in [0.15, 0.2) is 42.5 Å². The van der Waals surface area contributed by atoms with E-state index in [1.807, 2.05) is 18.2 Å². The molecule has 0 fully saturated rings. The lowest BCUT2D eigenvalue weighted by molar-refractivity contribution is 0.211. The number of hydrogen-bond donors (Lipinski definition) is 1. The van der Waals surface area contributed by atoms with Gasteiger partial charge in [0.2, 0.25) is 0 Å². The monoisotopic (exact) mass is 291 g/mol. The highest BCUT2D eigenvalue weighted by Gasteiger charge is 2.05. The second kappa shape index (κ2) is 7.50. The van der Waals surface area contributed by atoms with Gasteiger partial charge >= 0.3 is 0 Å². The van der Waals surface area contributed by atoms with Crippen LogP contribution in [0.4, 0.5) is 4.39 Å². The number of nitrogens with two attached hydrogens (primary N) is 1. The van der Waals surface area contributed by atoms with Gasteiger partial charge in [-0.2, -0.15) is 0 Å². The standard InChI is InChI=1S/C16H18FNO3/c1-19-16-10-12(11-18)2-7-15(16)21-9-8-20-14-5-3-13(17)4-6-14/h2-7,10H,8-9,11,18H2,1H3. The highest BCUT2D eigenvalue weighted by atomic mass is 19.1. The van der Waals surface area contributed by atoms with Gasteiger partial charge in [-0.3, -0.25) is 0 Å². The fraction of sp³-hybridized carbons (Fsp3) is 0.250. The molecule has 4 nitrogen and oxygen atoms in total. The van der Waals surface area contributed by atoms with E-state index in [9.17, 15) is 4.39 Å². The van der Waals surface area contributed by atoms with Crippen LogP contribution in [0, 0.1) is 5.82 Å². The van der Waals surface area contributed by atoms with Crippen molar-refractivity contribution in [1.29, 1.82) is 0 Å². The van der Waals surface area contributed by atoms with Crippen molar-refractivity contribution in [3.63, 3.8) is 0 Å². The summed E-state index contributed by atoms with van der Waals surface area (Å²) >= 11 is 0. The van der Waals surface area contributed by atoms with E-state index in [1.54, 1.807) is 19.2 Å². The molecule has 0 bridgehead atoms. The molecule has 0 aliphatic heterocycles. The van der Waals surface area contributed by atoms with Crippen molar-refractivity contribution in [3.8, 4) is 17.2 Å². The van der Waals surface area contributed by atoms with Crippen LogP contribution in [-0.2, 0) is 6.54 Å². The van der Waals surface area contributed by atoms with E-state index >= 15 is 0 Å². The molecule has 0 aliphatic rings. The molecule has 0 saturated carbocycles. The molecule has 2 aromatic carbocycles. The summed E-state index contributed by atoms with van der Waals surface area (Å²) in [6.45, 7) is 1.16. The number of rotatable bonds is 7. The molecule has 21 heavy (non-hydrogen) atoms. The number of methoxy groups -OCH3 is 1. The number of ether oxygens (including phenoxy) is 3. The first-order chi connectivity index (χ1) is 10.2. The predicted molar refractivity (Wildman–Crippen MR) is 78.3 cm³/mol. The van der Waals surface area contributed by atoms with Crippen molar-refractivity contribution < 1.29 is 18.6 Å². The van der Waals surface area contributed by atoms with Crippen molar-refractivity contribution >= 4 is 0 Å². The molecule has 2 rings (SSSR count). The summed E-state index contributed by atoms with van der Waals surface area (Å²) in [5, 5.41) is 0. The first kappa shape index (κ1) is 15.1. The van der Waals surface area contributed by atoms with Crippen LogP contribution < -0.4 is 19.9 Å². The van der Waals surface area contributed by atoms with Crippen LogP contribution in [0.2, 0.25) is 0 Å². The lowest BCUT2D eigenvalue weighted by Gasteiger charge is -2.12. The van der Waals surface area contributed by atoms with E-state index in [4.69, 9.17) is 19.9 Å². The quantitative estimate of drug-likeness (QED) is 0.797. The van der Waals surface area contributed by atoms with E-state index in [0.29, 0.717) is 37.0 Å². The molecule has 0 saturated heterocycles. The maximum absolute atomic E-state index is 12.7. The number of hydrogen-bond acceptors (Lipinski definition) is 4. The predicted octanol–water partition coefficient (Wildman–Crippen LogP) is 2.75. The molecule has 0 unspecified atom stereocenters. The van der Waals surface area contributed by atoms with E-state index in [0.717, 1.165) is 5.56 Å². The van der Waals surface area contributed by atoms with Crippen LogP contribution in [-0.4, -0.2) is 20.3 Å². The van der Waals surface area contributed by atoms with Crippen molar-refractivity contribution in [2.45, 2.75) is 6.54 Å². The summed E-state index contributed by atoms with van der Waals surface area (Å²) in [6.07, 6.45) is 0. The molecule has 2 N–H and O–H groups in total. The molecular formula is C16H18FNO3. The zero-order valence-corrected chi connectivity index (χ0v) is 11.8. The minimum absolute atomic E-state index is 0.289. The molecule has 0 aromatic heterocycles. The lowest BCUT2D eigenvalue weighted by atomic mass is 10.2. The highest BCUT2D eigenvalue weighted by Crippen LogP contribution is 2.27. The Morgan fingerprint density at radius 1 is 0.952 bits per heavy atom. The minimum atomic E-state index is -0.289. The van der Waals surface area contributed by atoms with Gasteiger partial charge in [-0.05, 0) is 42.0 Å². The van der Waals surface area contributed by atoms with Crippen molar-refractivity contribution in [2.75, 3.05) is 20.3 Å². The molecule has 0 radical (unpaired) electrons. The van der Waals surface area contributed by atoms with Gasteiger partial charge in [0, 0.05) is 6.54 Å². The van der Waals surface area contributed by atoms with Crippen LogP contribution in [0.25, 0.3) is 0 Å². The topological polar surface area (TPSA) is 53.7 Å². The molecule has 112 valence electrons. The number of benzene rings is 2. The fourth-order valence-electron chi connectivity index (χ4n) is 1.80. The minimum Gasteiger partial charge on any atom is -0.493 e. The van der Waals surface area contributed by atoms with Gasteiger partial charge in [0.25, 0.3) is 0 Å². The third kappa shape index (κ3) is 4.36. The van der Waals surface area contributed by atoms with Gasteiger partial charge in [0.1, 0.15) is 24.8 Å². The Kier molecular flexibility index (Phi) is 5.40. The Morgan fingerprint density at radius 2 is 1.67 bits per heavy atom. The summed E-state index contributed by atoms with van der Waals surface area (Å²) in [5.41, 5.74) is 6.55. The zero-order chi connectivity index (χ0) is 15.1. The van der Waals surface area contributed by atoms with E-state index in [1.165, 1.54) is 12.1 Å². The Bertz CT molecular complexity index is 572. The Balaban J connectivity index is 1.84. The molecule has 0 spiro atoms. The number of halogens is 1. The Hall–Kier alpha value is -2.27. The first-order valence-corrected chi connectivity index (χ1v) is 6.61. The van der Waals surface area contributed by atoms with Crippen molar-refractivity contribution in [3.05, 3.63) is 53.8 Å². The molecule has 0 atom stereocenters. The van der Waals surface area contributed by atoms with Gasteiger partial charge in [0.15, 0.2) is 11.5 Å². The van der Waals surface area contributed by atoms with Gasteiger partial charge in [-0.25, -0.2) is 4.39 Å². The summed E-state index contributed by atoms with van der Waals surface area (Å²) in [7, 11) is 1.58. The average molecular weight is 291 g/mol. The second-order valence-electron chi connectivity index (χ2n) is 4.34. The molecule has 5 heteroatoms. The van der Waals surface area contributed by atoms with E-state index < -0.39 is 0 Å². The first-order valence-electron chi connectivity index (χ1n) is 6.61.